The lowest BCUT2D eigenvalue weighted by Crippen LogP contribution is -2.30. The summed E-state index contributed by atoms with van der Waals surface area (Å²) >= 11 is 0. The average Bonchev–Trinajstić information content (AvgIpc) is 2.62. The van der Waals surface area contributed by atoms with Gasteiger partial charge in [-0.15, -0.1) is 0 Å². The first-order valence-corrected chi connectivity index (χ1v) is 6.05. The average molecular weight is 245 g/mol. The number of rotatable bonds is 4. The Labute approximate surface area is 107 Å². The van der Waals surface area contributed by atoms with Crippen molar-refractivity contribution in [3.63, 3.8) is 0 Å². The van der Waals surface area contributed by atoms with Gasteiger partial charge in [-0.2, -0.15) is 0 Å². The molecule has 0 bridgehead atoms. The predicted molar refractivity (Wildman–Crippen MR) is 70.9 cm³/mol. The molecule has 0 radical (unpaired) electrons. The Morgan fingerprint density at radius 3 is 2.61 bits per heavy atom. The normalized spacial score (nSPS) is 12.7. The molecule has 4 nitrogen and oxygen atoms in total. The molecule has 0 aromatic carbocycles. The second kappa shape index (κ2) is 5.33. The summed E-state index contributed by atoms with van der Waals surface area (Å²) in [6.45, 7) is 6.02. The molecule has 0 aliphatic heterocycles. The largest absolute Gasteiger partial charge is 0.466 e. The highest BCUT2D eigenvalue weighted by Crippen LogP contribution is 2.28. The van der Waals surface area contributed by atoms with E-state index in [4.69, 9.17) is 10.3 Å². The fraction of sp³-hybridized carbons (Fsp3) is 0.357. The van der Waals surface area contributed by atoms with E-state index in [-0.39, 0.29) is 6.04 Å². The van der Waals surface area contributed by atoms with Crippen LogP contribution in [-0.2, 0) is 6.42 Å². The van der Waals surface area contributed by atoms with Gasteiger partial charge in [-0.3, -0.25) is 16.3 Å². The zero-order valence-corrected chi connectivity index (χ0v) is 11.0. The molecular weight excluding hydrogens is 226 g/mol. The molecule has 0 amide bonds. The van der Waals surface area contributed by atoms with E-state index in [0.717, 1.165) is 29.1 Å². The van der Waals surface area contributed by atoms with Crippen LogP contribution in [0.15, 0.2) is 28.9 Å². The van der Waals surface area contributed by atoms with Gasteiger partial charge in [0.1, 0.15) is 11.5 Å². The molecular formula is C14H19N3O. The Bertz CT molecular complexity index is 519. The Hall–Kier alpha value is -1.65. The van der Waals surface area contributed by atoms with Gasteiger partial charge in [-0.25, -0.2) is 0 Å². The number of hydrogen-bond donors (Lipinski definition) is 2. The summed E-state index contributed by atoms with van der Waals surface area (Å²) in [5.74, 6) is 7.57. The van der Waals surface area contributed by atoms with Crippen LogP contribution < -0.4 is 11.3 Å². The first-order chi connectivity index (χ1) is 8.63. The maximum atomic E-state index is 5.69. The monoisotopic (exact) mass is 245 g/mol. The van der Waals surface area contributed by atoms with Crippen LogP contribution in [0.3, 0.4) is 0 Å². The summed E-state index contributed by atoms with van der Waals surface area (Å²) in [7, 11) is 0. The van der Waals surface area contributed by atoms with E-state index in [1.807, 2.05) is 26.1 Å². The molecule has 96 valence electrons. The molecule has 2 rings (SSSR count). The first-order valence-electron chi connectivity index (χ1n) is 6.05. The lowest BCUT2D eigenvalue weighted by atomic mass is 9.97. The summed E-state index contributed by atoms with van der Waals surface area (Å²) in [6.07, 6.45) is 4.43. The second-order valence-electron chi connectivity index (χ2n) is 4.54. The van der Waals surface area contributed by atoms with Gasteiger partial charge in [-0.05, 0) is 44.4 Å². The highest BCUT2D eigenvalue weighted by Gasteiger charge is 2.20. The SMILES string of the molecule is Cc1oc(C)c(C(Cc2cccnc2)NN)c1C. The standard InChI is InChI=1S/C14H19N3O/c1-9-10(2)18-11(3)14(9)13(17-15)7-12-5-4-6-16-8-12/h4-6,8,13,17H,7,15H2,1-3H3. The van der Waals surface area contributed by atoms with Gasteiger partial charge >= 0.3 is 0 Å². The minimum absolute atomic E-state index is 0.0478. The van der Waals surface area contributed by atoms with Crippen molar-refractivity contribution in [1.29, 1.82) is 0 Å². The molecule has 0 spiro atoms. The smallest absolute Gasteiger partial charge is 0.106 e. The fourth-order valence-corrected chi connectivity index (χ4v) is 2.32. The van der Waals surface area contributed by atoms with Crippen LogP contribution in [0.2, 0.25) is 0 Å². The second-order valence-corrected chi connectivity index (χ2v) is 4.54. The summed E-state index contributed by atoms with van der Waals surface area (Å²) in [5.41, 5.74) is 6.34. The van der Waals surface area contributed by atoms with Crippen molar-refractivity contribution in [3.05, 3.63) is 52.7 Å². The molecule has 1 atom stereocenters. The highest BCUT2D eigenvalue weighted by molar-refractivity contribution is 5.35. The lowest BCUT2D eigenvalue weighted by Gasteiger charge is -2.16. The van der Waals surface area contributed by atoms with Gasteiger partial charge in [0.15, 0.2) is 0 Å². The van der Waals surface area contributed by atoms with E-state index in [1.165, 1.54) is 5.56 Å². The van der Waals surface area contributed by atoms with Gasteiger partial charge in [0.05, 0.1) is 6.04 Å². The Balaban J connectivity index is 2.29. The van der Waals surface area contributed by atoms with Crippen molar-refractivity contribution in [1.82, 2.24) is 10.4 Å². The Kier molecular flexibility index (Phi) is 3.79. The third-order valence-electron chi connectivity index (χ3n) is 3.33. The number of nitrogens with two attached hydrogens (primary N) is 1. The van der Waals surface area contributed by atoms with Crippen LogP contribution in [0, 0.1) is 20.8 Å². The Morgan fingerprint density at radius 2 is 2.11 bits per heavy atom. The summed E-state index contributed by atoms with van der Waals surface area (Å²) in [5, 5.41) is 0. The molecule has 1 unspecified atom stereocenters. The van der Waals surface area contributed by atoms with Crippen molar-refractivity contribution < 1.29 is 4.42 Å². The molecule has 3 N–H and O–H groups in total. The van der Waals surface area contributed by atoms with E-state index in [2.05, 4.69) is 23.4 Å². The van der Waals surface area contributed by atoms with Crippen molar-refractivity contribution in [3.8, 4) is 0 Å². The van der Waals surface area contributed by atoms with E-state index in [0.29, 0.717) is 0 Å². The van der Waals surface area contributed by atoms with Gasteiger partial charge in [0.25, 0.3) is 0 Å². The van der Waals surface area contributed by atoms with E-state index >= 15 is 0 Å². The third kappa shape index (κ3) is 2.44. The van der Waals surface area contributed by atoms with Crippen LogP contribution in [0.5, 0.6) is 0 Å². The maximum Gasteiger partial charge on any atom is 0.106 e. The molecule has 0 aliphatic rings. The molecule has 0 saturated heterocycles. The number of nitrogens with zero attached hydrogens (tertiary/aromatic N) is 1. The van der Waals surface area contributed by atoms with Crippen molar-refractivity contribution in [2.45, 2.75) is 33.2 Å². The summed E-state index contributed by atoms with van der Waals surface area (Å²) < 4.78 is 5.65. The highest BCUT2D eigenvalue weighted by atomic mass is 16.3. The maximum absolute atomic E-state index is 5.69. The van der Waals surface area contributed by atoms with Crippen molar-refractivity contribution >= 4 is 0 Å². The zero-order chi connectivity index (χ0) is 13.1. The number of pyridine rings is 1. The van der Waals surface area contributed by atoms with E-state index in [9.17, 15) is 0 Å². The summed E-state index contributed by atoms with van der Waals surface area (Å²) in [6, 6.07) is 4.03. The minimum atomic E-state index is 0.0478. The molecule has 0 fully saturated rings. The van der Waals surface area contributed by atoms with Gasteiger partial charge in [0.2, 0.25) is 0 Å². The molecule has 0 aliphatic carbocycles. The number of aryl methyl sites for hydroxylation is 2. The first kappa shape index (κ1) is 12.8. The number of nitrogens with one attached hydrogen (secondary N) is 1. The van der Waals surface area contributed by atoms with Gasteiger partial charge < -0.3 is 4.42 Å². The van der Waals surface area contributed by atoms with Crippen LogP contribution in [0.4, 0.5) is 0 Å². The molecule has 2 aromatic rings. The number of hydrogen-bond acceptors (Lipinski definition) is 4. The van der Waals surface area contributed by atoms with Crippen LogP contribution in [0.1, 0.15) is 34.3 Å². The quantitative estimate of drug-likeness (QED) is 0.641. The minimum Gasteiger partial charge on any atom is -0.466 e. The van der Waals surface area contributed by atoms with Gasteiger partial charge in [0, 0.05) is 18.0 Å². The molecule has 4 heteroatoms. The predicted octanol–water partition coefficient (Wildman–Crippen LogP) is 2.35. The number of furan rings is 1. The number of hydrazine groups is 1. The molecule has 2 aromatic heterocycles. The Morgan fingerprint density at radius 1 is 1.33 bits per heavy atom. The lowest BCUT2D eigenvalue weighted by molar-refractivity contribution is 0.484. The molecule has 0 saturated carbocycles. The topological polar surface area (TPSA) is 64.1 Å². The van der Waals surface area contributed by atoms with Gasteiger partial charge in [-0.1, -0.05) is 6.07 Å². The summed E-state index contributed by atoms with van der Waals surface area (Å²) in [4.78, 5) is 4.12. The molecule has 2 heterocycles. The van der Waals surface area contributed by atoms with Crippen molar-refractivity contribution in [2.75, 3.05) is 0 Å². The third-order valence-corrected chi connectivity index (χ3v) is 3.33. The van der Waals surface area contributed by atoms with Crippen LogP contribution >= 0.6 is 0 Å². The van der Waals surface area contributed by atoms with Crippen molar-refractivity contribution in [2.24, 2.45) is 5.84 Å². The zero-order valence-electron chi connectivity index (χ0n) is 11.0. The number of aromatic nitrogens is 1. The van der Waals surface area contributed by atoms with Crippen LogP contribution in [0.25, 0.3) is 0 Å². The van der Waals surface area contributed by atoms with Crippen LogP contribution in [-0.4, -0.2) is 4.98 Å². The van der Waals surface area contributed by atoms with E-state index < -0.39 is 0 Å². The van der Waals surface area contributed by atoms with E-state index in [1.54, 1.807) is 6.20 Å². The fourth-order valence-electron chi connectivity index (χ4n) is 2.32. The molecule has 18 heavy (non-hydrogen) atoms.